The summed E-state index contributed by atoms with van der Waals surface area (Å²) in [7, 11) is 0. The van der Waals surface area contributed by atoms with Gasteiger partial charge >= 0.3 is 173 Å². The molecule has 4 nitrogen and oxygen atoms in total. The van der Waals surface area contributed by atoms with Gasteiger partial charge in [0.25, 0.3) is 0 Å². The van der Waals surface area contributed by atoms with Crippen LogP contribution in [0.3, 0.4) is 0 Å². The van der Waals surface area contributed by atoms with Crippen LogP contribution >= 0.6 is 0 Å². The maximum Gasteiger partial charge on any atom is 0.373 e. The maximum absolute atomic E-state index is 11.2. The first-order valence-electron chi connectivity index (χ1n) is 12.6. The molecule has 0 aliphatic rings. The molecule has 0 amide bonds. The van der Waals surface area contributed by atoms with Crippen LogP contribution in [0.5, 0.6) is 0 Å². The third-order valence-corrected chi connectivity index (χ3v) is 23.6. The van der Waals surface area contributed by atoms with E-state index in [1.807, 2.05) is 0 Å². The molecule has 0 heterocycles. The summed E-state index contributed by atoms with van der Waals surface area (Å²) in [6, 6.07) is 0. The molecule has 0 bridgehead atoms. The monoisotopic (exact) mass is 658 g/mol. The minimum absolute atomic E-state index is 0.167. The van der Waals surface area contributed by atoms with E-state index in [4.69, 9.17) is 9.59 Å². The molecule has 0 N–H and O–H groups in total. The summed E-state index contributed by atoms with van der Waals surface area (Å²) >= 11 is -3.55. The van der Waals surface area contributed by atoms with Gasteiger partial charge in [-0.3, -0.25) is 0 Å². The number of rotatable bonds is 15. The average molecular weight is 656 g/mol. The van der Waals surface area contributed by atoms with Crippen molar-refractivity contribution in [2.75, 3.05) is 0 Å². The third-order valence-electron chi connectivity index (χ3n) is 5.02. The van der Waals surface area contributed by atoms with Crippen molar-refractivity contribution in [3.8, 4) is 0 Å². The zero-order chi connectivity index (χ0) is 25.0. The van der Waals surface area contributed by atoms with Gasteiger partial charge in [0, 0.05) is 0 Å². The predicted molar refractivity (Wildman–Crippen MR) is 138 cm³/mol. The summed E-state index contributed by atoms with van der Waals surface area (Å²) in [5.74, 6) is 0.167. The summed E-state index contributed by atoms with van der Waals surface area (Å²) in [4.78, 5) is 28.4. The number of unbranched alkanes of at least 4 members (excludes halogenated alkanes) is 5. The molecule has 0 fully saturated rings. The zero-order valence-corrected chi connectivity index (χ0v) is 27.9. The second-order valence-corrected chi connectivity index (χ2v) is 29.4. The van der Waals surface area contributed by atoms with Gasteiger partial charge in [0.05, 0.1) is 0 Å². The molecule has 0 aromatic carbocycles. The Bertz CT molecular complexity index is 384. The third kappa shape index (κ3) is 44.8. The van der Waals surface area contributed by atoms with Gasteiger partial charge in [0.1, 0.15) is 5.78 Å². The van der Waals surface area contributed by atoms with E-state index in [0.29, 0.717) is 0 Å². The van der Waals surface area contributed by atoms with E-state index >= 15 is 0 Å². The Labute approximate surface area is 206 Å². The van der Waals surface area contributed by atoms with Crippen LogP contribution in [0, 0.1) is 0 Å². The van der Waals surface area contributed by atoms with Gasteiger partial charge in [-0.25, -0.2) is 0 Å². The molecule has 0 aromatic rings. The summed E-state index contributed by atoms with van der Waals surface area (Å²) in [5.41, 5.74) is 0. The second-order valence-electron chi connectivity index (χ2n) is 8.86. The number of hydrogen-bond acceptors (Lipinski definition) is 4. The molecule has 6 heteroatoms. The van der Waals surface area contributed by atoms with Crippen LogP contribution in [0.2, 0.25) is 27.1 Å². The van der Waals surface area contributed by atoms with Crippen LogP contribution in [0.25, 0.3) is 0 Å². The van der Waals surface area contributed by atoms with Gasteiger partial charge in [-0.2, -0.15) is 9.59 Å². The Kier molecular flexibility index (Phi) is 40.7. The van der Waals surface area contributed by atoms with E-state index < -0.39 is 38.1 Å². The Morgan fingerprint density at radius 1 is 0.677 bits per heavy atom. The summed E-state index contributed by atoms with van der Waals surface area (Å²) in [5, 5.41) is 0. The van der Waals surface area contributed by atoms with Gasteiger partial charge in [-0.15, -0.1) is 0 Å². The average Bonchev–Trinajstić information content (AvgIpc) is 2.72. The number of carbonyl (C=O) groups excluding carboxylic acids is 3. The number of carbonyl (C=O) groups is 1. The van der Waals surface area contributed by atoms with E-state index in [1.165, 1.54) is 78.1 Å². The minimum Gasteiger partial charge on any atom is -0.186 e. The Balaban J connectivity index is -0.000000186. The largest absolute Gasteiger partial charge is 0.373 e. The van der Waals surface area contributed by atoms with Crippen molar-refractivity contribution in [2.45, 2.75) is 140 Å². The van der Waals surface area contributed by atoms with Crippen molar-refractivity contribution in [3.63, 3.8) is 0 Å². The number of hydrogen-bond donors (Lipinski definition) is 0. The molecule has 0 saturated carbocycles. The van der Waals surface area contributed by atoms with Crippen LogP contribution in [-0.4, -0.2) is 50.1 Å². The fraction of sp³-hybridized carbons (Fsp3) is 0.920. The van der Waals surface area contributed by atoms with Crippen molar-refractivity contribution in [2.24, 2.45) is 0 Å². The molecule has 0 aliphatic heterocycles. The molecule has 0 atom stereocenters. The molecule has 31 heavy (non-hydrogen) atoms. The fourth-order valence-electron chi connectivity index (χ4n) is 3.06. The fourth-order valence-corrected chi connectivity index (χ4v) is 20.5. The first-order chi connectivity index (χ1) is 14.6. The molecule has 0 spiro atoms. The predicted octanol–water partition coefficient (Wildman–Crippen LogP) is 8.49. The first-order valence-corrected chi connectivity index (χ1v) is 26.7. The van der Waals surface area contributed by atoms with Gasteiger partial charge < -0.3 is 4.79 Å². The molecule has 0 radical (unpaired) electrons. The van der Waals surface area contributed by atoms with Crippen LogP contribution in [-0.2, 0) is 17.5 Å². The molecular formula is C25H54O4Sn2. The quantitative estimate of drug-likeness (QED) is 0.166. The molecule has 0 aliphatic carbocycles. The second kappa shape index (κ2) is 32.6. The van der Waals surface area contributed by atoms with E-state index in [2.05, 4.69) is 39.6 Å². The first kappa shape index (κ1) is 38.7. The number of ketones is 1. The Morgan fingerprint density at radius 2 is 0.903 bits per heavy atom. The van der Waals surface area contributed by atoms with Gasteiger partial charge in [0.15, 0.2) is 0 Å². The molecule has 0 rings (SSSR count). The van der Waals surface area contributed by atoms with Crippen LogP contribution < -0.4 is 0 Å². The molecule has 0 aromatic heterocycles. The van der Waals surface area contributed by atoms with Crippen molar-refractivity contribution >= 4 is 50.1 Å². The number of Topliss-reactive ketones (excluding diaryl/α,β-unsaturated/α-hetero) is 1. The van der Waals surface area contributed by atoms with E-state index in [9.17, 15) is 7.87 Å². The summed E-state index contributed by atoms with van der Waals surface area (Å²) in [6.07, 6.45) is 13.8. The normalized spacial score (nSPS) is 9.68. The van der Waals surface area contributed by atoms with Crippen LogP contribution in [0.4, 0.5) is 0 Å². The standard InChI is InChI=1S/5C4H9.C3H6O.CO2.CH3.O.2Sn/c5*1-3-4-2;1-3(2)4;2-1-3;;;;/h5*1,3-4H2,2H3;1-2H3;;1H3;;;. The zero-order valence-electron chi connectivity index (χ0n) is 22.2. The summed E-state index contributed by atoms with van der Waals surface area (Å²) < 4.78 is 18.4. The van der Waals surface area contributed by atoms with Crippen LogP contribution in [0.1, 0.15) is 113 Å². The summed E-state index contributed by atoms with van der Waals surface area (Å²) in [6.45, 7) is 14.4. The van der Waals surface area contributed by atoms with Crippen molar-refractivity contribution in [1.29, 1.82) is 0 Å². The van der Waals surface area contributed by atoms with E-state index in [0.717, 1.165) is 8.87 Å². The molecule has 186 valence electrons. The molecular weight excluding hydrogens is 602 g/mol. The smallest absolute Gasteiger partial charge is 0.186 e. The van der Waals surface area contributed by atoms with Crippen molar-refractivity contribution < 1.29 is 17.5 Å². The minimum atomic E-state index is -1.99. The van der Waals surface area contributed by atoms with E-state index in [1.54, 1.807) is 13.3 Å². The maximum atomic E-state index is 11.2. The van der Waals surface area contributed by atoms with Crippen molar-refractivity contribution in [3.05, 3.63) is 0 Å². The van der Waals surface area contributed by atoms with Gasteiger partial charge in [-0.05, 0) is 13.8 Å². The molecule has 0 unspecified atom stereocenters. The van der Waals surface area contributed by atoms with Crippen LogP contribution in [0.15, 0.2) is 0 Å². The topological polar surface area (TPSA) is 68.3 Å². The Hall–Kier alpha value is 0.447. The SMILES string of the molecule is CC(C)=O.CCC[CH2][Sn](=[O])[CH2]CCC.CCC[CH2][Sn]([CH3])([CH2]CCC)[CH2]CCC.O=C=O. The molecule has 0 saturated heterocycles. The van der Waals surface area contributed by atoms with E-state index in [-0.39, 0.29) is 11.9 Å². The Morgan fingerprint density at radius 3 is 1.10 bits per heavy atom. The van der Waals surface area contributed by atoms with Gasteiger partial charge in [0.2, 0.25) is 0 Å². The van der Waals surface area contributed by atoms with Gasteiger partial charge in [-0.1, -0.05) is 0 Å². The van der Waals surface area contributed by atoms with Crippen molar-refractivity contribution in [1.82, 2.24) is 0 Å².